The summed E-state index contributed by atoms with van der Waals surface area (Å²) >= 11 is 0. The second-order valence-corrected chi connectivity index (χ2v) is 5.61. The lowest BCUT2D eigenvalue weighted by Crippen LogP contribution is -2.35. The molecule has 120 valence electrons. The number of methoxy groups -OCH3 is 1. The van der Waals surface area contributed by atoms with Crippen molar-refractivity contribution >= 4 is 11.7 Å². The molecule has 0 fully saturated rings. The third-order valence-corrected chi connectivity index (χ3v) is 4.40. The number of halogens is 1. The van der Waals surface area contributed by atoms with Crippen molar-refractivity contribution in [2.45, 2.75) is 11.8 Å². The first-order valence-corrected chi connectivity index (χ1v) is 7.38. The molecule has 2 aromatic carbocycles. The van der Waals surface area contributed by atoms with E-state index >= 15 is 0 Å². The van der Waals surface area contributed by atoms with Gasteiger partial charge in [0.25, 0.3) is 0 Å². The number of carbonyl (C=O) groups is 1. The number of carbonyl (C=O) groups excluding carboxylic acids is 1. The summed E-state index contributed by atoms with van der Waals surface area (Å²) in [7, 11) is 1.23. The third kappa shape index (κ3) is 2.16. The Kier molecular flexibility index (Phi) is 3.82. The highest BCUT2D eigenvalue weighted by Crippen LogP contribution is 2.46. The maximum absolute atomic E-state index is 14.5. The summed E-state index contributed by atoms with van der Waals surface area (Å²) < 4.78 is 19.3. The van der Waals surface area contributed by atoms with Gasteiger partial charge in [-0.3, -0.25) is 0 Å². The number of hydrogen-bond acceptors (Lipinski definition) is 4. The lowest BCUT2D eigenvalue weighted by atomic mass is 9.66. The van der Waals surface area contributed by atoms with Gasteiger partial charge in [-0.15, -0.1) is 0 Å². The molecule has 0 saturated heterocycles. The van der Waals surface area contributed by atoms with E-state index in [1.54, 1.807) is 36.4 Å². The van der Waals surface area contributed by atoms with Gasteiger partial charge < -0.3 is 10.5 Å². The minimum absolute atomic E-state index is 0.0248. The summed E-state index contributed by atoms with van der Waals surface area (Å²) in [6.45, 7) is 0. The maximum atomic E-state index is 14.5. The van der Waals surface area contributed by atoms with Gasteiger partial charge in [-0.05, 0) is 17.2 Å². The molecule has 2 aromatic rings. The van der Waals surface area contributed by atoms with Crippen molar-refractivity contribution in [1.82, 2.24) is 0 Å². The van der Waals surface area contributed by atoms with E-state index < -0.39 is 17.2 Å². The monoisotopic (exact) mass is 322 g/mol. The van der Waals surface area contributed by atoms with Crippen LogP contribution in [-0.2, 0) is 14.9 Å². The SMILES string of the molecule is COC(=O)C1=C(N)c2c(F)cccc2C(C#N)(c2ccccc2)C1. The average Bonchev–Trinajstić information content (AvgIpc) is 2.62. The van der Waals surface area contributed by atoms with Crippen LogP contribution in [0.5, 0.6) is 0 Å². The van der Waals surface area contributed by atoms with Crippen molar-refractivity contribution in [3.63, 3.8) is 0 Å². The van der Waals surface area contributed by atoms with Crippen LogP contribution in [0.25, 0.3) is 5.70 Å². The summed E-state index contributed by atoms with van der Waals surface area (Å²) in [6, 6.07) is 15.8. The van der Waals surface area contributed by atoms with Crippen LogP contribution in [-0.4, -0.2) is 13.1 Å². The standard InChI is InChI=1S/C19H15FN2O2/c1-24-18(23)13-10-19(11-21,12-6-3-2-4-7-12)14-8-5-9-15(20)16(14)17(13)22/h2-9H,10,22H2,1H3. The van der Waals surface area contributed by atoms with Gasteiger partial charge in [0.15, 0.2) is 0 Å². The van der Waals surface area contributed by atoms with Crippen molar-refractivity contribution < 1.29 is 13.9 Å². The van der Waals surface area contributed by atoms with E-state index in [1.807, 2.05) is 6.07 Å². The fourth-order valence-corrected chi connectivity index (χ4v) is 3.21. The molecule has 3 rings (SSSR count). The number of esters is 1. The number of nitrogens with zero attached hydrogens (tertiary/aromatic N) is 1. The van der Waals surface area contributed by atoms with E-state index in [1.165, 1.54) is 13.2 Å². The van der Waals surface area contributed by atoms with E-state index in [-0.39, 0.29) is 23.3 Å². The quantitative estimate of drug-likeness (QED) is 0.863. The predicted molar refractivity (Wildman–Crippen MR) is 87.0 cm³/mol. The first-order valence-electron chi connectivity index (χ1n) is 7.38. The minimum Gasteiger partial charge on any atom is -0.466 e. The molecule has 0 spiro atoms. The van der Waals surface area contributed by atoms with Gasteiger partial charge in [0, 0.05) is 12.0 Å². The minimum atomic E-state index is -1.20. The molecule has 1 unspecified atom stereocenters. The Morgan fingerprint density at radius 2 is 1.96 bits per heavy atom. The van der Waals surface area contributed by atoms with Crippen molar-refractivity contribution in [2.75, 3.05) is 7.11 Å². The number of ether oxygens (including phenoxy) is 1. The van der Waals surface area contributed by atoms with Crippen LogP contribution >= 0.6 is 0 Å². The zero-order valence-corrected chi connectivity index (χ0v) is 13.0. The van der Waals surface area contributed by atoms with Gasteiger partial charge in [0.2, 0.25) is 0 Å². The molecule has 0 aliphatic heterocycles. The number of fused-ring (bicyclic) bond motifs is 1. The fraction of sp³-hybridized carbons (Fsp3) is 0.158. The summed E-state index contributed by atoms with van der Waals surface area (Å²) in [4.78, 5) is 12.1. The van der Waals surface area contributed by atoms with Crippen molar-refractivity contribution in [1.29, 1.82) is 5.26 Å². The molecule has 0 bridgehead atoms. The van der Waals surface area contributed by atoms with E-state index in [9.17, 15) is 14.4 Å². The van der Waals surface area contributed by atoms with E-state index in [0.29, 0.717) is 11.1 Å². The molecule has 0 radical (unpaired) electrons. The van der Waals surface area contributed by atoms with Crippen molar-refractivity contribution in [2.24, 2.45) is 5.73 Å². The molecular weight excluding hydrogens is 307 g/mol. The summed E-state index contributed by atoms with van der Waals surface area (Å²) in [6.07, 6.45) is 0.0302. The molecule has 2 N–H and O–H groups in total. The Labute approximate surface area is 139 Å². The highest BCUT2D eigenvalue weighted by atomic mass is 19.1. The molecule has 0 saturated carbocycles. The maximum Gasteiger partial charge on any atom is 0.335 e. The Balaban J connectivity index is 2.37. The molecule has 1 atom stereocenters. The second-order valence-electron chi connectivity index (χ2n) is 5.61. The molecule has 1 aliphatic rings. The zero-order chi connectivity index (χ0) is 17.3. The van der Waals surface area contributed by atoms with Gasteiger partial charge in [-0.1, -0.05) is 42.5 Å². The molecule has 0 aromatic heterocycles. The first-order chi connectivity index (χ1) is 11.5. The number of rotatable bonds is 2. The Hall–Kier alpha value is -3.13. The van der Waals surface area contributed by atoms with Crippen LogP contribution in [0.1, 0.15) is 23.1 Å². The van der Waals surface area contributed by atoms with Crippen LogP contribution in [0.2, 0.25) is 0 Å². The largest absolute Gasteiger partial charge is 0.466 e. The highest BCUT2D eigenvalue weighted by Gasteiger charge is 2.44. The molecule has 4 nitrogen and oxygen atoms in total. The predicted octanol–water partition coefficient (Wildman–Crippen LogP) is 2.88. The van der Waals surface area contributed by atoms with E-state index in [0.717, 1.165) is 0 Å². The van der Waals surface area contributed by atoms with Gasteiger partial charge in [0.05, 0.1) is 24.4 Å². The Bertz CT molecular complexity index is 884. The highest BCUT2D eigenvalue weighted by molar-refractivity contribution is 5.99. The zero-order valence-electron chi connectivity index (χ0n) is 13.0. The molecule has 0 heterocycles. The Morgan fingerprint density at radius 1 is 1.25 bits per heavy atom. The number of hydrogen-bond donors (Lipinski definition) is 1. The molecule has 1 aliphatic carbocycles. The summed E-state index contributed by atoms with van der Waals surface area (Å²) in [5.41, 5.74) is 6.21. The number of nitrogens with two attached hydrogens (primary N) is 1. The average molecular weight is 322 g/mol. The van der Waals surface area contributed by atoms with Gasteiger partial charge >= 0.3 is 5.97 Å². The first kappa shape index (κ1) is 15.8. The molecule has 5 heteroatoms. The van der Waals surface area contributed by atoms with Gasteiger partial charge in [0.1, 0.15) is 11.2 Å². The summed E-state index contributed by atoms with van der Waals surface area (Å²) in [5.74, 6) is -1.22. The topological polar surface area (TPSA) is 76.1 Å². The normalized spacial score (nSPS) is 19.4. The molecule has 0 amide bonds. The lowest BCUT2D eigenvalue weighted by molar-refractivity contribution is -0.136. The van der Waals surface area contributed by atoms with Crippen LogP contribution in [0, 0.1) is 17.1 Å². The van der Waals surface area contributed by atoms with Crippen LogP contribution in [0.4, 0.5) is 4.39 Å². The van der Waals surface area contributed by atoms with Crippen molar-refractivity contribution in [3.05, 3.63) is 76.6 Å². The van der Waals surface area contributed by atoms with Gasteiger partial charge in [-0.2, -0.15) is 5.26 Å². The smallest absolute Gasteiger partial charge is 0.335 e. The molecular formula is C19H15FN2O2. The lowest BCUT2D eigenvalue weighted by Gasteiger charge is -2.35. The number of benzene rings is 2. The van der Waals surface area contributed by atoms with E-state index in [2.05, 4.69) is 6.07 Å². The van der Waals surface area contributed by atoms with Gasteiger partial charge in [-0.25, -0.2) is 9.18 Å². The van der Waals surface area contributed by atoms with Crippen LogP contribution < -0.4 is 5.73 Å². The van der Waals surface area contributed by atoms with Crippen LogP contribution in [0.15, 0.2) is 54.1 Å². The second kappa shape index (κ2) is 5.82. The fourth-order valence-electron chi connectivity index (χ4n) is 3.21. The summed E-state index contributed by atoms with van der Waals surface area (Å²) in [5, 5.41) is 10.0. The Morgan fingerprint density at radius 3 is 2.58 bits per heavy atom. The molecule has 24 heavy (non-hydrogen) atoms. The van der Waals surface area contributed by atoms with Crippen LogP contribution in [0.3, 0.4) is 0 Å². The van der Waals surface area contributed by atoms with Crippen molar-refractivity contribution in [3.8, 4) is 6.07 Å². The third-order valence-electron chi connectivity index (χ3n) is 4.40. The van der Waals surface area contributed by atoms with E-state index in [4.69, 9.17) is 10.5 Å². The number of nitriles is 1.